The van der Waals surface area contributed by atoms with Gasteiger partial charge in [0.2, 0.25) is 0 Å². The van der Waals surface area contributed by atoms with Gasteiger partial charge in [0, 0.05) is 32.1 Å². The molecule has 0 aliphatic carbocycles. The summed E-state index contributed by atoms with van der Waals surface area (Å²) in [6.07, 6.45) is 1.98. The molecule has 1 aromatic rings. The molecular formula is C16H20O4. The predicted molar refractivity (Wildman–Crippen MR) is 76.4 cm³/mol. The summed E-state index contributed by atoms with van der Waals surface area (Å²) in [6.45, 7) is 0.209. The van der Waals surface area contributed by atoms with E-state index < -0.39 is 12.1 Å². The largest absolute Gasteiger partial charge is 0.479 e. The van der Waals surface area contributed by atoms with Gasteiger partial charge < -0.3 is 14.9 Å². The van der Waals surface area contributed by atoms with Crippen LogP contribution in [0.1, 0.15) is 30.4 Å². The van der Waals surface area contributed by atoms with Crippen LogP contribution in [0, 0.1) is 11.8 Å². The maximum Gasteiger partial charge on any atom is 0.333 e. The lowest BCUT2D eigenvalue weighted by Gasteiger charge is -2.09. The minimum Gasteiger partial charge on any atom is -0.479 e. The highest BCUT2D eigenvalue weighted by molar-refractivity contribution is 5.72. The van der Waals surface area contributed by atoms with Gasteiger partial charge in [0.1, 0.15) is 0 Å². The van der Waals surface area contributed by atoms with Crippen molar-refractivity contribution in [1.29, 1.82) is 0 Å². The van der Waals surface area contributed by atoms with Crippen LogP contribution in [0.4, 0.5) is 0 Å². The van der Waals surface area contributed by atoms with Crippen LogP contribution in [0.5, 0.6) is 0 Å². The van der Waals surface area contributed by atoms with Crippen molar-refractivity contribution in [2.75, 3.05) is 13.7 Å². The molecule has 0 aliphatic heterocycles. The molecule has 1 aromatic carbocycles. The van der Waals surface area contributed by atoms with E-state index in [-0.39, 0.29) is 6.61 Å². The van der Waals surface area contributed by atoms with E-state index in [0.717, 1.165) is 30.4 Å². The first-order valence-corrected chi connectivity index (χ1v) is 6.61. The van der Waals surface area contributed by atoms with E-state index in [2.05, 4.69) is 11.8 Å². The minimum atomic E-state index is -0.958. The van der Waals surface area contributed by atoms with Crippen LogP contribution in [-0.2, 0) is 16.0 Å². The molecule has 1 unspecified atom stereocenters. The van der Waals surface area contributed by atoms with Crippen LogP contribution in [-0.4, -0.2) is 36.0 Å². The number of carboxylic acid groups (broad SMARTS) is 1. The molecule has 20 heavy (non-hydrogen) atoms. The quantitative estimate of drug-likeness (QED) is 0.589. The standard InChI is InChI=1S/C16H20O4/c1-20-15(16(18)19)12-14-9-7-13(8-10-14)6-4-2-3-5-11-17/h7-10,15,17H,2-3,5,11-12H2,1H3,(H,18,19). The van der Waals surface area contributed by atoms with E-state index in [4.69, 9.17) is 14.9 Å². The molecule has 0 aromatic heterocycles. The highest BCUT2D eigenvalue weighted by Crippen LogP contribution is 2.08. The highest BCUT2D eigenvalue weighted by Gasteiger charge is 2.16. The number of methoxy groups -OCH3 is 1. The van der Waals surface area contributed by atoms with E-state index in [0.29, 0.717) is 6.42 Å². The normalized spacial score (nSPS) is 11.5. The van der Waals surface area contributed by atoms with Gasteiger partial charge in [-0.25, -0.2) is 4.79 Å². The zero-order valence-corrected chi connectivity index (χ0v) is 11.6. The van der Waals surface area contributed by atoms with E-state index in [1.54, 1.807) is 0 Å². The SMILES string of the molecule is COC(Cc1ccc(C#CCCCCO)cc1)C(=O)O. The van der Waals surface area contributed by atoms with E-state index in [1.807, 2.05) is 24.3 Å². The maximum atomic E-state index is 10.9. The fraction of sp³-hybridized carbons (Fsp3) is 0.438. The van der Waals surface area contributed by atoms with Crippen molar-refractivity contribution in [3.05, 3.63) is 35.4 Å². The zero-order chi connectivity index (χ0) is 14.8. The molecule has 1 atom stereocenters. The monoisotopic (exact) mass is 276 g/mol. The number of unbranched alkanes of at least 4 members (excludes halogenated alkanes) is 2. The Morgan fingerprint density at radius 2 is 2.00 bits per heavy atom. The Morgan fingerprint density at radius 3 is 2.55 bits per heavy atom. The molecule has 2 N–H and O–H groups in total. The molecule has 0 heterocycles. The number of hydrogen-bond donors (Lipinski definition) is 2. The Morgan fingerprint density at radius 1 is 1.30 bits per heavy atom. The van der Waals surface area contributed by atoms with Gasteiger partial charge in [-0.1, -0.05) is 24.0 Å². The molecule has 0 saturated heterocycles. The topological polar surface area (TPSA) is 66.8 Å². The number of aliphatic carboxylic acids is 1. The molecule has 108 valence electrons. The van der Waals surface area contributed by atoms with Crippen LogP contribution >= 0.6 is 0 Å². The summed E-state index contributed by atoms with van der Waals surface area (Å²) in [7, 11) is 1.39. The molecular weight excluding hydrogens is 256 g/mol. The van der Waals surface area contributed by atoms with Gasteiger partial charge in [0.25, 0.3) is 0 Å². The van der Waals surface area contributed by atoms with Crippen LogP contribution in [0.2, 0.25) is 0 Å². The molecule has 0 aliphatic rings. The first kappa shape index (κ1) is 16.2. The second-order valence-corrected chi connectivity index (χ2v) is 4.45. The Labute approximate surface area is 119 Å². The number of hydrogen-bond acceptors (Lipinski definition) is 3. The van der Waals surface area contributed by atoms with Gasteiger partial charge in [-0.15, -0.1) is 0 Å². The third kappa shape index (κ3) is 5.87. The molecule has 4 nitrogen and oxygen atoms in total. The fourth-order valence-electron chi connectivity index (χ4n) is 1.70. The maximum absolute atomic E-state index is 10.9. The molecule has 0 fully saturated rings. The van der Waals surface area contributed by atoms with Gasteiger partial charge >= 0.3 is 5.97 Å². The van der Waals surface area contributed by atoms with Crippen molar-refractivity contribution in [3.63, 3.8) is 0 Å². The van der Waals surface area contributed by atoms with Crippen molar-refractivity contribution in [1.82, 2.24) is 0 Å². The molecule has 0 saturated carbocycles. The number of carbonyl (C=O) groups is 1. The molecule has 0 amide bonds. The van der Waals surface area contributed by atoms with E-state index >= 15 is 0 Å². The summed E-state index contributed by atoms with van der Waals surface area (Å²) in [6, 6.07) is 7.49. The summed E-state index contributed by atoms with van der Waals surface area (Å²) >= 11 is 0. The third-order valence-corrected chi connectivity index (χ3v) is 2.88. The van der Waals surface area contributed by atoms with E-state index in [1.165, 1.54) is 7.11 Å². The molecule has 0 spiro atoms. The molecule has 4 heteroatoms. The number of benzene rings is 1. The summed E-state index contributed by atoms with van der Waals surface area (Å²) in [5.74, 6) is 5.13. The van der Waals surface area contributed by atoms with E-state index in [9.17, 15) is 4.79 Å². The second kappa shape index (κ2) is 9.13. The van der Waals surface area contributed by atoms with Crippen molar-refractivity contribution < 1.29 is 19.7 Å². The lowest BCUT2D eigenvalue weighted by Crippen LogP contribution is -2.24. The van der Waals surface area contributed by atoms with Crippen LogP contribution < -0.4 is 0 Å². The number of ether oxygens (including phenoxy) is 1. The van der Waals surface area contributed by atoms with Crippen molar-refractivity contribution in [3.8, 4) is 11.8 Å². The number of aliphatic hydroxyl groups excluding tert-OH is 1. The molecule has 0 radical (unpaired) electrons. The predicted octanol–water partition coefficient (Wildman–Crippen LogP) is 1.84. The number of aliphatic hydroxyl groups is 1. The van der Waals surface area contributed by atoms with Gasteiger partial charge in [-0.3, -0.25) is 0 Å². The Kier molecular flexibility index (Phi) is 7.41. The van der Waals surface area contributed by atoms with Crippen molar-refractivity contribution >= 4 is 5.97 Å². The molecule has 0 bridgehead atoms. The Bertz CT molecular complexity index is 467. The van der Waals surface area contributed by atoms with Gasteiger partial charge in [0.15, 0.2) is 6.10 Å². The summed E-state index contributed by atoms with van der Waals surface area (Å²) in [4.78, 5) is 10.9. The highest BCUT2D eigenvalue weighted by atomic mass is 16.5. The second-order valence-electron chi connectivity index (χ2n) is 4.45. The number of rotatable bonds is 7. The average molecular weight is 276 g/mol. The first-order chi connectivity index (χ1) is 9.67. The van der Waals surface area contributed by atoms with Gasteiger partial charge in [-0.05, 0) is 30.5 Å². The van der Waals surface area contributed by atoms with Crippen LogP contribution in [0.3, 0.4) is 0 Å². The fourth-order valence-corrected chi connectivity index (χ4v) is 1.70. The van der Waals surface area contributed by atoms with Crippen LogP contribution in [0.15, 0.2) is 24.3 Å². The third-order valence-electron chi connectivity index (χ3n) is 2.88. The van der Waals surface area contributed by atoms with Gasteiger partial charge in [-0.2, -0.15) is 0 Å². The van der Waals surface area contributed by atoms with Crippen LogP contribution in [0.25, 0.3) is 0 Å². The lowest BCUT2D eigenvalue weighted by molar-refractivity contribution is -0.148. The molecule has 1 rings (SSSR count). The van der Waals surface area contributed by atoms with Crippen molar-refractivity contribution in [2.45, 2.75) is 31.8 Å². The smallest absolute Gasteiger partial charge is 0.333 e. The zero-order valence-electron chi connectivity index (χ0n) is 11.6. The lowest BCUT2D eigenvalue weighted by atomic mass is 10.1. The summed E-state index contributed by atoms with van der Waals surface area (Å²) in [5.41, 5.74) is 1.81. The Balaban J connectivity index is 2.53. The average Bonchev–Trinajstić information content (AvgIpc) is 2.45. The summed E-state index contributed by atoms with van der Waals surface area (Å²) in [5, 5.41) is 17.6. The van der Waals surface area contributed by atoms with Gasteiger partial charge in [0.05, 0.1) is 0 Å². The minimum absolute atomic E-state index is 0.209. The number of carboxylic acids is 1. The first-order valence-electron chi connectivity index (χ1n) is 6.61. The Hall–Kier alpha value is -1.83. The van der Waals surface area contributed by atoms with Crippen molar-refractivity contribution in [2.24, 2.45) is 0 Å². The summed E-state index contributed by atoms with van der Waals surface area (Å²) < 4.78 is 4.90.